The first-order valence-corrected chi connectivity index (χ1v) is 19.2. The van der Waals surface area contributed by atoms with Gasteiger partial charge in [-0.15, -0.1) is 0 Å². The molecule has 0 saturated heterocycles. The van der Waals surface area contributed by atoms with E-state index in [0.29, 0.717) is 35.7 Å². The number of ether oxygens (including phenoxy) is 3. The zero-order valence-electron chi connectivity index (χ0n) is 25.5. The van der Waals surface area contributed by atoms with E-state index < -0.39 is 18.1 Å². The monoisotopic (exact) mass is 611 g/mol. The largest absolute Gasteiger partial charge is 0.493 e. The van der Waals surface area contributed by atoms with E-state index in [0.717, 1.165) is 18.0 Å². The van der Waals surface area contributed by atoms with Crippen molar-refractivity contribution in [2.75, 3.05) is 24.2 Å². The molecule has 11 heteroatoms. The van der Waals surface area contributed by atoms with Crippen LogP contribution in [-0.2, 0) is 28.9 Å². The van der Waals surface area contributed by atoms with Crippen molar-refractivity contribution in [3.8, 4) is 17.2 Å². The standard InChI is InChI=1S/C31H41N3O6SSi/c1-8-16-39-24-10-9-11-25(19-24)40-30-21-28-27(32(3)31(35)33(28)4)20-29(30)34(22-38-17-18-42(5,6)7)41(36,37)26-14-12-23(2)13-15-26/h9-15,19-21H,8,16-18,22H2,1-7H3. The summed E-state index contributed by atoms with van der Waals surface area (Å²) in [7, 11) is -2.17. The summed E-state index contributed by atoms with van der Waals surface area (Å²) in [6.45, 7) is 11.4. The van der Waals surface area contributed by atoms with Crippen molar-refractivity contribution >= 4 is 34.8 Å². The third-order valence-corrected chi connectivity index (χ3v) is 10.4. The Bertz CT molecular complexity index is 1710. The van der Waals surface area contributed by atoms with Gasteiger partial charge in [-0.25, -0.2) is 17.5 Å². The number of imidazole rings is 1. The smallest absolute Gasteiger partial charge is 0.328 e. The molecule has 3 aromatic carbocycles. The number of benzene rings is 3. The summed E-state index contributed by atoms with van der Waals surface area (Å²) in [5.41, 5.74) is 2.14. The molecule has 0 aliphatic rings. The van der Waals surface area contributed by atoms with E-state index in [2.05, 4.69) is 19.6 Å². The fourth-order valence-electron chi connectivity index (χ4n) is 4.40. The predicted octanol–water partition coefficient (Wildman–Crippen LogP) is 6.27. The van der Waals surface area contributed by atoms with E-state index in [1.165, 1.54) is 13.4 Å². The van der Waals surface area contributed by atoms with Crippen LogP contribution in [-0.4, -0.2) is 45.6 Å². The lowest BCUT2D eigenvalue weighted by atomic mass is 10.2. The number of sulfonamides is 1. The Balaban J connectivity index is 1.87. The van der Waals surface area contributed by atoms with Crippen LogP contribution < -0.4 is 19.5 Å². The van der Waals surface area contributed by atoms with Gasteiger partial charge in [0, 0.05) is 40.9 Å². The molecule has 1 aromatic heterocycles. The number of anilines is 1. The summed E-state index contributed by atoms with van der Waals surface area (Å²) in [4.78, 5) is 13.0. The highest BCUT2D eigenvalue weighted by Gasteiger charge is 2.30. The molecule has 4 aromatic rings. The number of fused-ring (bicyclic) bond motifs is 1. The van der Waals surface area contributed by atoms with Crippen LogP contribution in [0.5, 0.6) is 17.2 Å². The Hall–Kier alpha value is -3.54. The number of rotatable bonds is 13. The molecule has 0 aliphatic heterocycles. The third-order valence-electron chi connectivity index (χ3n) is 6.94. The summed E-state index contributed by atoms with van der Waals surface area (Å²) >= 11 is 0. The molecular formula is C31H41N3O6SSi. The second-order valence-corrected chi connectivity index (χ2v) is 19.1. The van der Waals surface area contributed by atoms with Gasteiger partial charge in [-0.1, -0.05) is 50.3 Å². The molecule has 0 fully saturated rings. The summed E-state index contributed by atoms with van der Waals surface area (Å²) in [6, 6.07) is 18.2. The lowest BCUT2D eigenvalue weighted by Gasteiger charge is -2.27. The van der Waals surface area contributed by atoms with Gasteiger partial charge >= 0.3 is 5.69 Å². The summed E-state index contributed by atoms with van der Waals surface area (Å²) in [6.07, 6.45) is 0.859. The normalized spacial score (nSPS) is 12.1. The minimum atomic E-state index is -4.09. The zero-order valence-corrected chi connectivity index (χ0v) is 27.3. The highest BCUT2D eigenvalue weighted by atomic mass is 32.2. The van der Waals surface area contributed by atoms with Crippen molar-refractivity contribution in [3.05, 3.63) is 76.7 Å². The summed E-state index contributed by atoms with van der Waals surface area (Å²) < 4.78 is 50.8. The van der Waals surface area contributed by atoms with E-state index in [1.54, 1.807) is 62.6 Å². The molecule has 226 valence electrons. The molecule has 0 radical (unpaired) electrons. The number of hydrogen-bond donors (Lipinski definition) is 0. The topological polar surface area (TPSA) is 92.0 Å². The molecule has 1 heterocycles. The van der Waals surface area contributed by atoms with E-state index in [4.69, 9.17) is 14.2 Å². The maximum Gasteiger partial charge on any atom is 0.328 e. The average Bonchev–Trinajstić information content (AvgIpc) is 3.14. The maximum absolute atomic E-state index is 14.2. The van der Waals surface area contributed by atoms with Crippen LogP contribution in [0, 0.1) is 6.92 Å². The van der Waals surface area contributed by atoms with Gasteiger partial charge in [-0.3, -0.25) is 9.13 Å². The van der Waals surface area contributed by atoms with Gasteiger partial charge in [0.1, 0.15) is 18.2 Å². The third kappa shape index (κ3) is 7.08. The van der Waals surface area contributed by atoms with Gasteiger partial charge in [0.25, 0.3) is 10.0 Å². The SMILES string of the molecule is CCCOc1cccc(Oc2cc3c(cc2N(COCC[Si](C)(C)C)S(=O)(=O)c2ccc(C)cc2)n(C)c(=O)n3C)c1. The van der Waals surface area contributed by atoms with Gasteiger partial charge in [0.15, 0.2) is 5.75 Å². The van der Waals surface area contributed by atoms with Crippen LogP contribution in [0.25, 0.3) is 11.0 Å². The molecule has 9 nitrogen and oxygen atoms in total. The van der Waals surface area contributed by atoms with Gasteiger partial charge < -0.3 is 14.2 Å². The molecule has 0 N–H and O–H groups in total. The molecule has 0 bridgehead atoms. The van der Waals surface area contributed by atoms with Crippen LogP contribution in [0.2, 0.25) is 25.7 Å². The highest BCUT2D eigenvalue weighted by Crippen LogP contribution is 2.39. The van der Waals surface area contributed by atoms with Crippen molar-refractivity contribution < 1.29 is 22.6 Å². The van der Waals surface area contributed by atoms with Crippen molar-refractivity contribution in [2.24, 2.45) is 14.1 Å². The fraction of sp³-hybridized carbons (Fsp3) is 0.387. The first-order chi connectivity index (χ1) is 19.8. The molecular weight excluding hydrogens is 571 g/mol. The second kappa shape index (κ2) is 12.8. The fourth-order valence-corrected chi connectivity index (χ4v) is 6.50. The summed E-state index contributed by atoms with van der Waals surface area (Å²) in [5.74, 6) is 1.38. The maximum atomic E-state index is 14.2. The Kier molecular flexibility index (Phi) is 9.54. The zero-order chi connectivity index (χ0) is 30.7. The van der Waals surface area contributed by atoms with Crippen LogP contribution in [0.4, 0.5) is 5.69 Å². The molecule has 0 saturated carbocycles. The predicted molar refractivity (Wildman–Crippen MR) is 170 cm³/mol. The van der Waals surface area contributed by atoms with Crippen LogP contribution in [0.3, 0.4) is 0 Å². The number of nitrogens with zero attached hydrogens (tertiary/aromatic N) is 3. The molecule has 4 rings (SSSR count). The van der Waals surface area contributed by atoms with Gasteiger partial charge in [-0.2, -0.15) is 0 Å². The van der Waals surface area contributed by atoms with Gasteiger partial charge in [0.2, 0.25) is 0 Å². The molecule has 0 atom stereocenters. The van der Waals surface area contributed by atoms with Crippen molar-refractivity contribution in [1.29, 1.82) is 0 Å². The Labute approximate surface area is 249 Å². The Morgan fingerprint density at radius 2 is 1.52 bits per heavy atom. The molecule has 42 heavy (non-hydrogen) atoms. The average molecular weight is 612 g/mol. The van der Waals surface area contributed by atoms with E-state index in [-0.39, 0.29) is 28.8 Å². The Morgan fingerprint density at radius 1 is 0.881 bits per heavy atom. The van der Waals surface area contributed by atoms with Crippen LogP contribution in [0.15, 0.2) is 70.4 Å². The van der Waals surface area contributed by atoms with Crippen LogP contribution >= 0.6 is 0 Å². The molecule has 0 aliphatic carbocycles. The van der Waals surface area contributed by atoms with E-state index in [1.807, 2.05) is 26.0 Å². The van der Waals surface area contributed by atoms with E-state index >= 15 is 0 Å². The quantitative estimate of drug-likeness (QED) is 0.100. The Morgan fingerprint density at radius 3 is 2.17 bits per heavy atom. The first-order valence-electron chi connectivity index (χ1n) is 14.1. The lowest BCUT2D eigenvalue weighted by molar-refractivity contribution is 0.156. The van der Waals surface area contributed by atoms with Crippen molar-refractivity contribution in [2.45, 2.75) is 50.8 Å². The minimum Gasteiger partial charge on any atom is -0.493 e. The minimum absolute atomic E-state index is 0.129. The van der Waals surface area contributed by atoms with Gasteiger partial charge in [0.05, 0.1) is 28.2 Å². The highest BCUT2D eigenvalue weighted by molar-refractivity contribution is 7.92. The second-order valence-electron chi connectivity index (χ2n) is 11.6. The van der Waals surface area contributed by atoms with E-state index in [9.17, 15) is 13.2 Å². The first kappa shape index (κ1) is 31.4. The molecule has 0 spiro atoms. The summed E-state index contributed by atoms with van der Waals surface area (Å²) in [5, 5.41) is 0. The van der Waals surface area contributed by atoms with Crippen molar-refractivity contribution in [3.63, 3.8) is 0 Å². The molecule has 0 unspecified atom stereocenters. The van der Waals surface area contributed by atoms with Crippen LogP contribution in [0.1, 0.15) is 18.9 Å². The molecule has 0 amide bonds. The number of aryl methyl sites for hydroxylation is 3. The number of aromatic nitrogens is 2. The van der Waals surface area contributed by atoms with Gasteiger partial charge in [-0.05, 0) is 49.7 Å². The van der Waals surface area contributed by atoms with Crippen molar-refractivity contribution in [1.82, 2.24) is 9.13 Å². The number of hydrogen-bond acceptors (Lipinski definition) is 6. The lowest BCUT2D eigenvalue weighted by Crippen LogP contribution is -2.34.